The molecule has 23 heavy (non-hydrogen) atoms. The molecule has 2 heterocycles. The lowest BCUT2D eigenvalue weighted by Gasteiger charge is -2.10. The standard InChI is InChI=1S/C15H12N4O4/c1-10(22-12-8-5-9-16-14(12)19(20)21)13-17-15(23-18-13)11-6-3-2-4-7-11/h2-10H,1H3/t10-/m1/s1. The highest BCUT2D eigenvalue weighted by atomic mass is 16.6. The smallest absolute Gasteiger partial charge is 0.406 e. The van der Waals surface area contributed by atoms with Crippen LogP contribution in [0.5, 0.6) is 5.75 Å². The Morgan fingerprint density at radius 3 is 2.74 bits per heavy atom. The van der Waals surface area contributed by atoms with Gasteiger partial charge in [-0.05, 0) is 41.1 Å². The zero-order valence-corrected chi connectivity index (χ0v) is 12.1. The predicted molar refractivity (Wildman–Crippen MR) is 79.7 cm³/mol. The lowest BCUT2D eigenvalue weighted by molar-refractivity contribution is -0.390. The second-order valence-corrected chi connectivity index (χ2v) is 4.67. The van der Waals surface area contributed by atoms with Gasteiger partial charge in [0.25, 0.3) is 5.89 Å². The number of hydrogen-bond acceptors (Lipinski definition) is 7. The first-order valence-corrected chi connectivity index (χ1v) is 6.80. The largest absolute Gasteiger partial charge is 0.474 e. The van der Waals surface area contributed by atoms with Crippen molar-refractivity contribution in [3.63, 3.8) is 0 Å². The van der Waals surface area contributed by atoms with E-state index in [2.05, 4.69) is 15.1 Å². The summed E-state index contributed by atoms with van der Waals surface area (Å²) < 4.78 is 10.7. The molecule has 0 saturated heterocycles. The summed E-state index contributed by atoms with van der Waals surface area (Å²) in [7, 11) is 0. The third-order valence-electron chi connectivity index (χ3n) is 3.05. The Morgan fingerprint density at radius 2 is 2.00 bits per heavy atom. The number of pyridine rings is 1. The molecule has 0 aliphatic rings. The molecule has 3 aromatic rings. The molecule has 0 unspecified atom stereocenters. The van der Waals surface area contributed by atoms with Gasteiger partial charge in [-0.2, -0.15) is 4.98 Å². The molecule has 0 bridgehead atoms. The highest BCUT2D eigenvalue weighted by Crippen LogP contribution is 2.28. The second kappa shape index (κ2) is 6.22. The van der Waals surface area contributed by atoms with Crippen LogP contribution in [-0.4, -0.2) is 20.0 Å². The summed E-state index contributed by atoms with van der Waals surface area (Å²) >= 11 is 0. The zero-order valence-electron chi connectivity index (χ0n) is 12.1. The van der Waals surface area contributed by atoms with Crippen LogP contribution in [0.15, 0.2) is 53.2 Å². The summed E-state index contributed by atoms with van der Waals surface area (Å²) in [6.07, 6.45) is 0.705. The molecule has 0 radical (unpaired) electrons. The average molecular weight is 312 g/mol. The Labute approximate surface area is 130 Å². The Morgan fingerprint density at radius 1 is 1.22 bits per heavy atom. The fourth-order valence-corrected chi connectivity index (χ4v) is 1.95. The molecule has 0 spiro atoms. The maximum absolute atomic E-state index is 10.9. The average Bonchev–Trinajstić information content (AvgIpc) is 3.06. The van der Waals surface area contributed by atoms with Gasteiger partial charge in [-0.25, -0.2) is 0 Å². The Hall–Kier alpha value is -3.29. The number of aromatic nitrogens is 3. The first kappa shape index (κ1) is 14.6. The fraction of sp³-hybridized carbons (Fsp3) is 0.133. The molecule has 0 aliphatic carbocycles. The minimum Gasteiger partial charge on any atom is -0.474 e. The predicted octanol–water partition coefficient (Wildman–Crippen LogP) is 3.18. The van der Waals surface area contributed by atoms with E-state index in [0.717, 1.165) is 5.56 Å². The van der Waals surface area contributed by atoms with Crippen molar-refractivity contribution in [2.75, 3.05) is 0 Å². The Bertz CT molecular complexity index is 819. The van der Waals surface area contributed by atoms with Crippen LogP contribution in [0.3, 0.4) is 0 Å². The lowest BCUT2D eigenvalue weighted by atomic mass is 10.2. The summed E-state index contributed by atoms with van der Waals surface area (Å²) in [5.41, 5.74) is 0.783. The van der Waals surface area contributed by atoms with Gasteiger partial charge in [0.15, 0.2) is 6.10 Å². The van der Waals surface area contributed by atoms with Gasteiger partial charge in [0.05, 0.1) is 0 Å². The number of hydrogen-bond donors (Lipinski definition) is 0. The van der Waals surface area contributed by atoms with E-state index in [1.165, 1.54) is 12.3 Å². The van der Waals surface area contributed by atoms with E-state index in [0.29, 0.717) is 11.7 Å². The number of nitrogens with zero attached hydrogens (tertiary/aromatic N) is 4. The molecule has 1 atom stereocenters. The van der Waals surface area contributed by atoms with E-state index in [1.54, 1.807) is 13.0 Å². The summed E-state index contributed by atoms with van der Waals surface area (Å²) in [6, 6.07) is 12.3. The molecule has 0 N–H and O–H groups in total. The highest BCUT2D eigenvalue weighted by Gasteiger charge is 2.22. The summed E-state index contributed by atoms with van der Waals surface area (Å²) in [6.45, 7) is 1.68. The SMILES string of the molecule is C[C@@H](Oc1cccnc1[N+](=O)[O-])c1noc(-c2ccccc2)n1. The normalized spacial score (nSPS) is 11.9. The van der Waals surface area contributed by atoms with Crippen molar-refractivity contribution in [2.24, 2.45) is 0 Å². The summed E-state index contributed by atoms with van der Waals surface area (Å²) in [5.74, 6) is 0.348. The van der Waals surface area contributed by atoms with E-state index >= 15 is 0 Å². The molecule has 116 valence electrons. The molecule has 8 heteroatoms. The first-order chi connectivity index (χ1) is 11.1. The summed E-state index contributed by atoms with van der Waals surface area (Å²) in [5, 5.41) is 14.8. The highest BCUT2D eigenvalue weighted by molar-refractivity contribution is 5.52. The van der Waals surface area contributed by atoms with E-state index in [4.69, 9.17) is 9.26 Å². The minimum absolute atomic E-state index is 0.0519. The van der Waals surface area contributed by atoms with Crippen LogP contribution in [0.2, 0.25) is 0 Å². The Balaban J connectivity index is 1.81. The molecular weight excluding hydrogens is 300 g/mol. The molecule has 0 amide bonds. The van der Waals surface area contributed by atoms with Crippen LogP contribution in [0.4, 0.5) is 5.82 Å². The van der Waals surface area contributed by atoms with Crippen molar-refractivity contribution < 1.29 is 14.2 Å². The van der Waals surface area contributed by atoms with Gasteiger partial charge in [-0.1, -0.05) is 23.4 Å². The van der Waals surface area contributed by atoms with Crippen LogP contribution >= 0.6 is 0 Å². The van der Waals surface area contributed by atoms with Crippen LogP contribution in [0.1, 0.15) is 18.9 Å². The summed E-state index contributed by atoms with van der Waals surface area (Å²) in [4.78, 5) is 18.3. The maximum atomic E-state index is 10.9. The van der Waals surface area contributed by atoms with Gasteiger partial charge < -0.3 is 19.4 Å². The van der Waals surface area contributed by atoms with E-state index in [-0.39, 0.29) is 11.6 Å². The van der Waals surface area contributed by atoms with E-state index in [1.807, 2.05) is 30.3 Å². The molecule has 3 rings (SSSR count). The monoisotopic (exact) mass is 312 g/mol. The molecule has 1 aromatic carbocycles. The topological polar surface area (TPSA) is 104 Å². The minimum atomic E-state index is -0.626. The van der Waals surface area contributed by atoms with Crippen molar-refractivity contribution in [2.45, 2.75) is 13.0 Å². The molecule has 2 aromatic heterocycles. The van der Waals surface area contributed by atoms with Gasteiger partial charge in [0.2, 0.25) is 11.6 Å². The third kappa shape index (κ3) is 3.15. The van der Waals surface area contributed by atoms with Gasteiger partial charge in [0.1, 0.15) is 6.20 Å². The zero-order chi connectivity index (χ0) is 16.2. The van der Waals surface area contributed by atoms with Gasteiger partial charge >= 0.3 is 5.82 Å². The van der Waals surface area contributed by atoms with Crippen molar-refractivity contribution in [3.8, 4) is 17.2 Å². The molecule has 8 nitrogen and oxygen atoms in total. The van der Waals surface area contributed by atoms with Crippen LogP contribution in [0.25, 0.3) is 11.5 Å². The number of benzene rings is 1. The number of nitro groups is 1. The second-order valence-electron chi connectivity index (χ2n) is 4.67. The lowest BCUT2D eigenvalue weighted by Crippen LogP contribution is -2.07. The van der Waals surface area contributed by atoms with Crippen LogP contribution in [0, 0.1) is 10.1 Å². The van der Waals surface area contributed by atoms with Crippen molar-refractivity contribution in [1.82, 2.24) is 15.1 Å². The van der Waals surface area contributed by atoms with E-state index < -0.39 is 11.0 Å². The first-order valence-electron chi connectivity index (χ1n) is 6.80. The number of ether oxygens (including phenoxy) is 1. The third-order valence-corrected chi connectivity index (χ3v) is 3.05. The van der Waals surface area contributed by atoms with Gasteiger partial charge in [0, 0.05) is 5.56 Å². The van der Waals surface area contributed by atoms with E-state index in [9.17, 15) is 10.1 Å². The molecule has 0 saturated carbocycles. The van der Waals surface area contributed by atoms with Crippen LogP contribution in [-0.2, 0) is 0 Å². The van der Waals surface area contributed by atoms with Crippen LogP contribution < -0.4 is 4.74 Å². The molecular formula is C15H12N4O4. The van der Waals surface area contributed by atoms with Crippen molar-refractivity contribution >= 4 is 5.82 Å². The quantitative estimate of drug-likeness (QED) is 0.526. The van der Waals surface area contributed by atoms with Gasteiger partial charge in [-0.15, -0.1) is 0 Å². The Kier molecular flexibility index (Phi) is 3.96. The van der Waals surface area contributed by atoms with Crippen molar-refractivity contribution in [1.29, 1.82) is 0 Å². The maximum Gasteiger partial charge on any atom is 0.406 e. The van der Waals surface area contributed by atoms with Gasteiger partial charge in [-0.3, -0.25) is 0 Å². The number of rotatable bonds is 5. The fourth-order valence-electron chi connectivity index (χ4n) is 1.95. The molecule has 0 aliphatic heterocycles. The molecule has 0 fully saturated rings. The van der Waals surface area contributed by atoms with Crippen molar-refractivity contribution in [3.05, 3.63) is 64.6 Å².